The highest BCUT2D eigenvalue weighted by atomic mass is 35.5. The molecule has 104 valence electrons. The van der Waals surface area contributed by atoms with Crippen molar-refractivity contribution in [1.82, 2.24) is 9.78 Å². The van der Waals surface area contributed by atoms with Gasteiger partial charge in [-0.1, -0.05) is 0 Å². The van der Waals surface area contributed by atoms with Crippen molar-refractivity contribution < 1.29 is 9.21 Å². The van der Waals surface area contributed by atoms with E-state index in [9.17, 15) is 4.79 Å². The molecule has 0 aliphatic carbocycles. The summed E-state index contributed by atoms with van der Waals surface area (Å²) in [7, 11) is 0. The van der Waals surface area contributed by atoms with Crippen LogP contribution in [0.3, 0.4) is 0 Å². The molecule has 19 heavy (non-hydrogen) atoms. The summed E-state index contributed by atoms with van der Waals surface area (Å²) in [6.45, 7) is 4.26. The van der Waals surface area contributed by atoms with Crippen LogP contribution in [0, 0.1) is 0 Å². The molecule has 2 aromatic rings. The molecule has 2 aromatic heterocycles. The number of nitrogens with one attached hydrogen (secondary N) is 1. The Morgan fingerprint density at radius 1 is 1.58 bits per heavy atom. The molecular formula is C12H17ClN4O2. The molecule has 2 rings (SSSR count). The van der Waals surface area contributed by atoms with E-state index in [0.717, 1.165) is 0 Å². The minimum Gasteiger partial charge on any atom is -0.467 e. The zero-order valence-corrected chi connectivity index (χ0v) is 11.6. The lowest BCUT2D eigenvalue weighted by Gasteiger charge is -2.10. The second-order valence-electron chi connectivity index (χ2n) is 4.21. The highest BCUT2D eigenvalue weighted by molar-refractivity contribution is 6.03. The molecule has 0 unspecified atom stereocenters. The van der Waals surface area contributed by atoms with E-state index < -0.39 is 0 Å². The summed E-state index contributed by atoms with van der Waals surface area (Å²) in [5.41, 5.74) is 5.87. The predicted molar refractivity (Wildman–Crippen MR) is 74.4 cm³/mol. The van der Waals surface area contributed by atoms with E-state index in [0.29, 0.717) is 17.1 Å². The molecule has 0 saturated heterocycles. The summed E-state index contributed by atoms with van der Waals surface area (Å²) in [5.74, 6) is 1.00. The number of furan rings is 1. The molecule has 0 bridgehead atoms. The molecule has 1 amide bonds. The van der Waals surface area contributed by atoms with Gasteiger partial charge in [0, 0.05) is 12.1 Å². The topological polar surface area (TPSA) is 86.1 Å². The first-order valence-electron chi connectivity index (χ1n) is 5.74. The molecule has 0 atom stereocenters. The summed E-state index contributed by atoms with van der Waals surface area (Å²) in [5, 5.41) is 6.93. The van der Waals surface area contributed by atoms with Gasteiger partial charge in [-0.25, -0.2) is 4.68 Å². The fourth-order valence-electron chi connectivity index (χ4n) is 1.62. The third-order valence-electron chi connectivity index (χ3n) is 2.52. The number of hydrogen-bond donors (Lipinski definition) is 2. The van der Waals surface area contributed by atoms with Crippen LogP contribution in [0.1, 0.15) is 36.0 Å². The lowest BCUT2D eigenvalue weighted by molar-refractivity contribution is 0.102. The van der Waals surface area contributed by atoms with Gasteiger partial charge in [0.2, 0.25) is 0 Å². The van der Waals surface area contributed by atoms with Crippen molar-refractivity contribution in [2.24, 2.45) is 5.73 Å². The monoisotopic (exact) mass is 284 g/mol. The van der Waals surface area contributed by atoms with E-state index in [1.807, 2.05) is 13.8 Å². The quantitative estimate of drug-likeness (QED) is 0.901. The number of amides is 1. The summed E-state index contributed by atoms with van der Waals surface area (Å²) >= 11 is 0. The largest absolute Gasteiger partial charge is 0.467 e. The van der Waals surface area contributed by atoms with Crippen LogP contribution in [0.2, 0.25) is 0 Å². The van der Waals surface area contributed by atoms with Gasteiger partial charge in [0.1, 0.15) is 17.8 Å². The number of nitrogens with zero attached hydrogens (tertiary/aromatic N) is 2. The summed E-state index contributed by atoms with van der Waals surface area (Å²) in [6, 6.07) is 3.56. The Balaban J connectivity index is 0.00000180. The predicted octanol–water partition coefficient (Wildman–Crippen LogP) is 2.19. The van der Waals surface area contributed by atoms with Crippen LogP contribution >= 0.6 is 12.4 Å². The van der Waals surface area contributed by atoms with Crippen molar-refractivity contribution in [2.75, 3.05) is 5.32 Å². The minimum absolute atomic E-state index is 0. The van der Waals surface area contributed by atoms with Crippen molar-refractivity contribution in [3.8, 4) is 0 Å². The second kappa shape index (κ2) is 6.40. The number of carbonyl (C=O) groups excluding carboxylic acids is 1. The smallest absolute Gasteiger partial charge is 0.260 e. The fourth-order valence-corrected chi connectivity index (χ4v) is 1.62. The van der Waals surface area contributed by atoms with Crippen LogP contribution in [-0.4, -0.2) is 15.7 Å². The summed E-state index contributed by atoms with van der Waals surface area (Å²) in [6.07, 6.45) is 3.05. The van der Waals surface area contributed by atoms with Crippen molar-refractivity contribution in [3.63, 3.8) is 0 Å². The number of nitrogens with two attached hydrogens (primary N) is 1. The number of hydrogen-bond acceptors (Lipinski definition) is 4. The third kappa shape index (κ3) is 3.36. The standard InChI is InChI=1S/C12H16N4O2.ClH/c1-8(2)16-11(3-4-14-16)15-12(17)9-5-10(6-13)18-7-9;/h3-5,7-8H,6,13H2,1-2H3,(H,15,17);1H. The van der Waals surface area contributed by atoms with Crippen molar-refractivity contribution in [3.05, 3.63) is 35.9 Å². The van der Waals surface area contributed by atoms with Crippen LogP contribution in [0.4, 0.5) is 5.82 Å². The van der Waals surface area contributed by atoms with Gasteiger partial charge in [-0.2, -0.15) is 5.10 Å². The maximum absolute atomic E-state index is 12.0. The number of anilines is 1. The average molecular weight is 285 g/mol. The van der Waals surface area contributed by atoms with Gasteiger partial charge in [-0.3, -0.25) is 4.79 Å². The zero-order valence-electron chi connectivity index (χ0n) is 10.8. The first-order chi connectivity index (χ1) is 8.61. The van der Waals surface area contributed by atoms with Gasteiger partial charge < -0.3 is 15.5 Å². The molecular weight excluding hydrogens is 268 g/mol. The number of carbonyl (C=O) groups is 1. The van der Waals surface area contributed by atoms with Gasteiger partial charge in [-0.05, 0) is 19.9 Å². The summed E-state index contributed by atoms with van der Waals surface area (Å²) in [4.78, 5) is 12.0. The van der Waals surface area contributed by atoms with Gasteiger partial charge in [0.15, 0.2) is 0 Å². The van der Waals surface area contributed by atoms with Crippen LogP contribution in [0.15, 0.2) is 29.0 Å². The molecule has 3 N–H and O–H groups in total. The molecule has 7 heteroatoms. The van der Waals surface area contributed by atoms with E-state index in [1.165, 1.54) is 6.26 Å². The zero-order chi connectivity index (χ0) is 13.1. The maximum atomic E-state index is 12.0. The van der Waals surface area contributed by atoms with Crippen molar-refractivity contribution in [2.45, 2.75) is 26.4 Å². The van der Waals surface area contributed by atoms with Crippen LogP contribution < -0.4 is 11.1 Å². The first kappa shape index (κ1) is 15.3. The van der Waals surface area contributed by atoms with E-state index in [1.54, 1.807) is 23.0 Å². The summed E-state index contributed by atoms with van der Waals surface area (Å²) < 4.78 is 6.86. The Bertz CT molecular complexity index is 547. The van der Waals surface area contributed by atoms with E-state index in [2.05, 4.69) is 10.4 Å². The van der Waals surface area contributed by atoms with Crippen LogP contribution in [0.5, 0.6) is 0 Å². The molecule has 0 aromatic carbocycles. The average Bonchev–Trinajstić information content (AvgIpc) is 2.96. The highest BCUT2D eigenvalue weighted by Gasteiger charge is 2.13. The molecule has 2 heterocycles. The lowest BCUT2D eigenvalue weighted by atomic mass is 10.3. The number of aromatic nitrogens is 2. The van der Waals surface area contributed by atoms with Gasteiger partial charge in [0.05, 0.1) is 18.3 Å². The molecule has 0 aliphatic heterocycles. The Hall–Kier alpha value is -1.79. The normalized spacial score (nSPS) is 10.3. The lowest BCUT2D eigenvalue weighted by Crippen LogP contribution is -2.16. The molecule has 0 spiro atoms. The number of halogens is 1. The van der Waals surface area contributed by atoms with Crippen molar-refractivity contribution >= 4 is 24.1 Å². The highest BCUT2D eigenvalue weighted by Crippen LogP contribution is 2.15. The molecule has 0 fully saturated rings. The Labute approximate surface area is 117 Å². The van der Waals surface area contributed by atoms with Crippen molar-refractivity contribution in [1.29, 1.82) is 0 Å². The van der Waals surface area contributed by atoms with Gasteiger partial charge >= 0.3 is 0 Å². The molecule has 0 radical (unpaired) electrons. The van der Waals surface area contributed by atoms with E-state index >= 15 is 0 Å². The van der Waals surface area contributed by atoms with Gasteiger partial charge in [-0.15, -0.1) is 12.4 Å². The Morgan fingerprint density at radius 3 is 2.89 bits per heavy atom. The van der Waals surface area contributed by atoms with E-state index in [-0.39, 0.29) is 30.9 Å². The molecule has 0 aliphatic rings. The van der Waals surface area contributed by atoms with Gasteiger partial charge in [0.25, 0.3) is 5.91 Å². The SMILES string of the molecule is CC(C)n1nccc1NC(=O)c1coc(CN)c1.Cl. The second-order valence-corrected chi connectivity index (χ2v) is 4.21. The van der Waals surface area contributed by atoms with Crippen LogP contribution in [-0.2, 0) is 6.54 Å². The molecule has 6 nitrogen and oxygen atoms in total. The number of rotatable bonds is 4. The van der Waals surface area contributed by atoms with Crippen LogP contribution in [0.25, 0.3) is 0 Å². The minimum atomic E-state index is -0.235. The van der Waals surface area contributed by atoms with E-state index in [4.69, 9.17) is 10.2 Å². The third-order valence-corrected chi connectivity index (χ3v) is 2.52. The first-order valence-corrected chi connectivity index (χ1v) is 5.74. The Kier molecular flexibility index (Phi) is 5.14. The maximum Gasteiger partial charge on any atom is 0.260 e. The molecule has 0 saturated carbocycles. The Morgan fingerprint density at radius 2 is 2.32 bits per heavy atom. The fraction of sp³-hybridized carbons (Fsp3) is 0.333.